The van der Waals surface area contributed by atoms with Crippen LogP contribution >= 0.6 is 0 Å². The molecule has 0 saturated heterocycles. The maximum absolute atomic E-state index is 13.1. The molecule has 0 bridgehead atoms. The fourth-order valence-electron chi connectivity index (χ4n) is 4.06. The Kier molecular flexibility index (Phi) is 4.47. The number of methoxy groups -OCH3 is 1. The number of phenolic OH excluding ortho intramolecular Hbond substituents is 1. The summed E-state index contributed by atoms with van der Waals surface area (Å²) in [5.41, 5.74) is 2.48. The molecule has 6 nitrogen and oxygen atoms in total. The van der Waals surface area contributed by atoms with Crippen LogP contribution in [0.5, 0.6) is 23.0 Å². The fourth-order valence-corrected chi connectivity index (χ4v) is 4.06. The van der Waals surface area contributed by atoms with Crippen molar-refractivity contribution in [3.8, 4) is 23.0 Å². The summed E-state index contributed by atoms with van der Waals surface area (Å²) in [6.45, 7) is 0. The van der Waals surface area contributed by atoms with Crippen molar-refractivity contribution in [2.45, 2.75) is 12.3 Å². The van der Waals surface area contributed by atoms with Gasteiger partial charge >= 0.3 is 5.97 Å². The largest absolute Gasteiger partial charge is 0.508 e. The smallest absolute Gasteiger partial charge is 0.312 e. The zero-order valence-electron chi connectivity index (χ0n) is 16.6. The van der Waals surface area contributed by atoms with Crippen molar-refractivity contribution in [1.29, 1.82) is 0 Å². The monoisotopic (exact) mass is 414 g/mol. The molecule has 1 unspecified atom stereocenters. The first kappa shape index (κ1) is 18.9. The summed E-state index contributed by atoms with van der Waals surface area (Å²) in [4.78, 5) is 25.3. The van der Waals surface area contributed by atoms with E-state index < -0.39 is 5.92 Å². The van der Waals surface area contributed by atoms with Crippen LogP contribution in [-0.4, -0.2) is 24.0 Å². The maximum Gasteiger partial charge on any atom is 0.312 e. The van der Waals surface area contributed by atoms with E-state index >= 15 is 0 Å². The molecule has 0 radical (unpaired) electrons. The lowest BCUT2D eigenvalue weighted by Gasteiger charge is -2.26. The molecule has 0 saturated carbocycles. The third-order valence-electron chi connectivity index (χ3n) is 5.48. The topological polar surface area (TPSA) is 82.1 Å². The average molecular weight is 414 g/mol. The Labute approximate surface area is 178 Å². The zero-order chi connectivity index (χ0) is 21.5. The maximum atomic E-state index is 13.1. The molecule has 5 rings (SSSR count). The van der Waals surface area contributed by atoms with Crippen LogP contribution in [0.25, 0.3) is 6.08 Å². The summed E-state index contributed by atoms with van der Waals surface area (Å²) >= 11 is 0. The van der Waals surface area contributed by atoms with Crippen molar-refractivity contribution in [3.05, 3.63) is 88.7 Å². The molecule has 0 aromatic heterocycles. The number of carbonyl (C=O) groups excluding carboxylic acids is 2. The molecule has 2 aliphatic rings. The van der Waals surface area contributed by atoms with Gasteiger partial charge in [-0.3, -0.25) is 9.59 Å². The molecule has 2 heterocycles. The van der Waals surface area contributed by atoms with Gasteiger partial charge in [-0.25, -0.2) is 0 Å². The highest BCUT2D eigenvalue weighted by Gasteiger charge is 2.38. The highest BCUT2D eigenvalue weighted by molar-refractivity contribution is 6.15. The number of rotatable bonds is 3. The minimum atomic E-state index is -0.406. The molecule has 2 aliphatic heterocycles. The van der Waals surface area contributed by atoms with E-state index in [2.05, 4.69) is 0 Å². The molecule has 31 heavy (non-hydrogen) atoms. The van der Waals surface area contributed by atoms with Crippen molar-refractivity contribution in [2.75, 3.05) is 7.11 Å². The predicted octanol–water partition coefficient (Wildman–Crippen LogP) is 4.46. The van der Waals surface area contributed by atoms with E-state index in [0.29, 0.717) is 33.9 Å². The Hall–Kier alpha value is -4.06. The van der Waals surface area contributed by atoms with Crippen LogP contribution in [0.2, 0.25) is 0 Å². The van der Waals surface area contributed by atoms with E-state index in [9.17, 15) is 14.7 Å². The number of fused-ring (bicyclic) bond motifs is 3. The number of Topliss-reactive ketones (excluding diaryl/α,β-unsaturated/α-hetero) is 1. The number of hydrogen-bond acceptors (Lipinski definition) is 6. The Bertz CT molecular complexity index is 1260. The number of para-hydroxylation sites is 1. The number of hydrogen-bond donors (Lipinski definition) is 1. The second-order valence-corrected chi connectivity index (χ2v) is 7.36. The van der Waals surface area contributed by atoms with Gasteiger partial charge < -0.3 is 19.3 Å². The fraction of sp³-hybridized carbons (Fsp3) is 0.120. The van der Waals surface area contributed by atoms with Crippen LogP contribution in [-0.2, 0) is 4.79 Å². The molecule has 154 valence electrons. The van der Waals surface area contributed by atoms with Crippen LogP contribution in [0.15, 0.2) is 66.4 Å². The summed E-state index contributed by atoms with van der Waals surface area (Å²) in [5.74, 6) is 0.579. The molecule has 6 heteroatoms. The van der Waals surface area contributed by atoms with Gasteiger partial charge in [-0.05, 0) is 42.0 Å². The number of phenols is 1. The van der Waals surface area contributed by atoms with Crippen LogP contribution in [0, 0.1) is 0 Å². The number of esters is 1. The molecule has 1 N–H and O–H groups in total. The van der Waals surface area contributed by atoms with E-state index in [1.165, 1.54) is 0 Å². The van der Waals surface area contributed by atoms with Gasteiger partial charge in [0.05, 0.1) is 19.1 Å². The molecular formula is C25H18O6. The summed E-state index contributed by atoms with van der Waals surface area (Å²) in [6, 6.07) is 17.3. The summed E-state index contributed by atoms with van der Waals surface area (Å²) in [7, 11) is 1.56. The van der Waals surface area contributed by atoms with Crippen molar-refractivity contribution in [3.63, 3.8) is 0 Å². The minimum Gasteiger partial charge on any atom is -0.508 e. The van der Waals surface area contributed by atoms with Gasteiger partial charge in [0.1, 0.15) is 23.0 Å². The summed E-state index contributed by atoms with van der Waals surface area (Å²) < 4.78 is 16.8. The van der Waals surface area contributed by atoms with Gasteiger partial charge in [0, 0.05) is 17.0 Å². The normalized spacial score (nSPS) is 18.2. The lowest BCUT2D eigenvalue weighted by Crippen LogP contribution is -2.21. The third-order valence-corrected chi connectivity index (χ3v) is 5.48. The number of ketones is 1. The highest BCUT2D eigenvalue weighted by Crippen LogP contribution is 2.49. The number of aromatic hydroxyl groups is 1. The van der Waals surface area contributed by atoms with Crippen molar-refractivity contribution in [1.82, 2.24) is 0 Å². The summed E-state index contributed by atoms with van der Waals surface area (Å²) in [5, 5.41) is 9.93. The van der Waals surface area contributed by atoms with Crippen LogP contribution in [0.1, 0.15) is 39.4 Å². The number of allylic oxidation sites excluding steroid dienone is 1. The first-order valence-electron chi connectivity index (χ1n) is 9.79. The average Bonchev–Trinajstić information content (AvgIpc) is 3.08. The van der Waals surface area contributed by atoms with Crippen LogP contribution < -0.4 is 14.2 Å². The summed E-state index contributed by atoms with van der Waals surface area (Å²) in [6.07, 6.45) is 1.72. The third kappa shape index (κ3) is 3.22. The Morgan fingerprint density at radius 3 is 2.68 bits per heavy atom. The van der Waals surface area contributed by atoms with Gasteiger partial charge in [-0.2, -0.15) is 0 Å². The molecular weight excluding hydrogens is 396 g/mol. The van der Waals surface area contributed by atoms with Crippen LogP contribution in [0.3, 0.4) is 0 Å². The minimum absolute atomic E-state index is 0.0794. The zero-order valence-corrected chi connectivity index (χ0v) is 16.6. The van der Waals surface area contributed by atoms with Gasteiger partial charge in [-0.1, -0.05) is 30.3 Å². The predicted molar refractivity (Wildman–Crippen MR) is 113 cm³/mol. The van der Waals surface area contributed by atoms with Gasteiger partial charge in [0.2, 0.25) is 5.78 Å². The van der Waals surface area contributed by atoms with E-state index in [1.807, 2.05) is 24.3 Å². The second-order valence-electron chi connectivity index (χ2n) is 7.36. The lowest BCUT2D eigenvalue weighted by molar-refractivity contribution is -0.135. The van der Waals surface area contributed by atoms with Crippen LogP contribution in [0.4, 0.5) is 0 Å². The lowest BCUT2D eigenvalue weighted by atomic mass is 9.84. The molecule has 0 fully saturated rings. The SMILES string of the molecule is COc1ccccc1/C=C1/Oc2c(ccc3c2C(c2cccc(O)c2)CC(=O)O3)C1=O. The molecule has 0 aliphatic carbocycles. The molecule has 0 spiro atoms. The van der Waals surface area contributed by atoms with Gasteiger partial charge in [-0.15, -0.1) is 0 Å². The molecule has 1 atom stereocenters. The quantitative estimate of drug-likeness (QED) is 0.387. The number of ether oxygens (including phenoxy) is 3. The first-order chi connectivity index (χ1) is 15.0. The number of benzene rings is 3. The Morgan fingerprint density at radius 1 is 1.03 bits per heavy atom. The van der Waals surface area contributed by atoms with E-state index in [4.69, 9.17) is 14.2 Å². The van der Waals surface area contributed by atoms with Gasteiger partial charge in [0.25, 0.3) is 0 Å². The number of carbonyl (C=O) groups is 2. The van der Waals surface area contributed by atoms with E-state index in [0.717, 1.165) is 5.56 Å². The highest BCUT2D eigenvalue weighted by atomic mass is 16.5. The second kappa shape index (κ2) is 7.32. The van der Waals surface area contributed by atoms with E-state index in [1.54, 1.807) is 49.6 Å². The van der Waals surface area contributed by atoms with Crippen molar-refractivity contribution in [2.24, 2.45) is 0 Å². The first-order valence-corrected chi connectivity index (χ1v) is 9.79. The standard InChI is InChI=1S/C25H18O6/c1-29-19-8-3-2-5-15(19)12-21-24(28)17-9-10-20-23(25(17)31-21)18(13-22(27)30-20)14-6-4-7-16(26)11-14/h2-12,18,26H,13H2,1H3/b21-12+. The van der Waals surface area contributed by atoms with Crippen molar-refractivity contribution >= 4 is 17.8 Å². The molecule has 3 aromatic carbocycles. The Balaban J connectivity index is 1.63. The Morgan fingerprint density at radius 2 is 1.87 bits per heavy atom. The van der Waals surface area contributed by atoms with E-state index in [-0.39, 0.29) is 29.7 Å². The van der Waals surface area contributed by atoms with Gasteiger partial charge in [0.15, 0.2) is 5.76 Å². The molecule has 0 amide bonds. The van der Waals surface area contributed by atoms with Crippen molar-refractivity contribution < 1.29 is 28.9 Å². The molecule has 3 aromatic rings.